The normalized spacial score (nSPS) is 12.8. The summed E-state index contributed by atoms with van der Waals surface area (Å²) in [4.78, 5) is 0. The predicted molar refractivity (Wildman–Crippen MR) is 51.6 cm³/mol. The van der Waals surface area contributed by atoms with Crippen molar-refractivity contribution in [2.45, 2.75) is 12.5 Å². The molecule has 72 valence electrons. The van der Waals surface area contributed by atoms with Crippen LogP contribution in [0.3, 0.4) is 0 Å². The molecule has 3 N–H and O–H groups in total. The van der Waals surface area contributed by atoms with Crippen molar-refractivity contribution in [1.29, 1.82) is 0 Å². The molecule has 0 aliphatic rings. The van der Waals surface area contributed by atoms with Crippen LogP contribution in [-0.4, -0.2) is 23.8 Å². The zero-order valence-corrected chi connectivity index (χ0v) is 7.70. The molecule has 0 amide bonds. The van der Waals surface area contributed by atoms with Crippen molar-refractivity contribution in [2.75, 3.05) is 13.6 Å². The van der Waals surface area contributed by atoms with E-state index in [-0.39, 0.29) is 5.75 Å². The largest absolute Gasteiger partial charge is 0.508 e. The number of phenolic OH excluding ortho intramolecular Hbond substituents is 1. The molecule has 1 rings (SSSR count). The summed E-state index contributed by atoms with van der Waals surface area (Å²) in [6.45, 7) is 0.761. The Morgan fingerprint density at radius 3 is 2.85 bits per heavy atom. The Kier molecular flexibility index (Phi) is 3.73. The predicted octanol–water partition coefficient (Wildman–Crippen LogP) is 1.04. The molecular weight excluding hydrogens is 166 g/mol. The molecule has 1 unspecified atom stereocenters. The molecule has 3 heteroatoms. The minimum absolute atomic E-state index is 0.195. The minimum Gasteiger partial charge on any atom is -0.508 e. The number of aliphatic hydroxyl groups excluding tert-OH is 1. The third-order valence-corrected chi connectivity index (χ3v) is 1.92. The Labute approximate surface area is 78.0 Å². The summed E-state index contributed by atoms with van der Waals surface area (Å²) < 4.78 is 0. The van der Waals surface area contributed by atoms with Crippen LogP contribution in [0.25, 0.3) is 0 Å². The zero-order valence-electron chi connectivity index (χ0n) is 7.70. The lowest BCUT2D eigenvalue weighted by Gasteiger charge is -2.10. The van der Waals surface area contributed by atoms with Gasteiger partial charge in [0.25, 0.3) is 0 Å². The number of phenols is 1. The van der Waals surface area contributed by atoms with Crippen molar-refractivity contribution < 1.29 is 10.2 Å². The topological polar surface area (TPSA) is 52.5 Å². The summed E-state index contributed by atoms with van der Waals surface area (Å²) in [6, 6.07) is 6.71. The van der Waals surface area contributed by atoms with Crippen LogP contribution >= 0.6 is 0 Å². The van der Waals surface area contributed by atoms with E-state index in [9.17, 15) is 5.11 Å². The van der Waals surface area contributed by atoms with Crippen LogP contribution in [0.15, 0.2) is 24.3 Å². The van der Waals surface area contributed by atoms with Crippen LogP contribution in [-0.2, 0) is 0 Å². The highest BCUT2D eigenvalue weighted by Crippen LogP contribution is 2.19. The lowest BCUT2D eigenvalue weighted by Crippen LogP contribution is -2.11. The molecule has 0 saturated heterocycles. The number of aliphatic hydroxyl groups is 1. The second-order valence-corrected chi connectivity index (χ2v) is 3.00. The number of benzene rings is 1. The van der Waals surface area contributed by atoms with Crippen LogP contribution in [0.4, 0.5) is 0 Å². The Morgan fingerprint density at radius 2 is 2.23 bits per heavy atom. The van der Waals surface area contributed by atoms with Gasteiger partial charge in [-0.05, 0) is 37.7 Å². The summed E-state index contributed by atoms with van der Waals surface area (Å²) in [7, 11) is 1.84. The van der Waals surface area contributed by atoms with Gasteiger partial charge in [0, 0.05) is 0 Å². The highest BCUT2D eigenvalue weighted by atomic mass is 16.3. The first-order chi connectivity index (χ1) is 6.24. The maximum atomic E-state index is 9.62. The van der Waals surface area contributed by atoms with Gasteiger partial charge >= 0.3 is 0 Å². The van der Waals surface area contributed by atoms with E-state index in [4.69, 9.17) is 5.11 Å². The van der Waals surface area contributed by atoms with Gasteiger partial charge < -0.3 is 15.5 Å². The van der Waals surface area contributed by atoms with Gasteiger partial charge in [-0.2, -0.15) is 0 Å². The standard InChI is InChI=1S/C10H15NO2/c1-11-6-5-10(13)8-3-2-4-9(12)7-8/h2-4,7,10-13H,5-6H2,1H3. The molecule has 0 fully saturated rings. The van der Waals surface area contributed by atoms with E-state index in [1.165, 1.54) is 0 Å². The first kappa shape index (κ1) is 10.0. The molecule has 1 aromatic carbocycles. The number of hydrogen-bond acceptors (Lipinski definition) is 3. The SMILES string of the molecule is CNCCC(O)c1cccc(O)c1. The molecule has 0 aliphatic carbocycles. The van der Waals surface area contributed by atoms with E-state index in [1.807, 2.05) is 7.05 Å². The fourth-order valence-corrected chi connectivity index (χ4v) is 1.18. The van der Waals surface area contributed by atoms with Gasteiger partial charge in [-0.25, -0.2) is 0 Å². The smallest absolute Gasteiger partial charge is 0.115 e. The van der Waals surface area contributed by atoms with E-state index in [2.05, 4.69) is 5.32 Å². The monoisotopic (exact) mass is 181 g/mol. The van der Waals surface area contributed by atoms with Crippen LogP contribution in [0.1, 0.15) is 18.1 Å². The number of nitrogens with one attached hydrogen (secondary N) is 1. The Balaban J connectivity index is 2.60. The van der Waals surface area contributed by atoms with Crippen LogP contribution in [0.2, 0.25) is 0 Å². The third-order valence-electron chi connectivity index (χ3n) is 1.92. The van der Waals surface area contributed by atoms with Gasteiger partial charge in [-0.15, -0.1) is 0 Å². The van der Waals surface area contributed by atoms with E-state index in [1.54, 1.807) is 24.3 Å². The second kappa shape index (κ2) is 4.84. The maximum absolute atomic E-state index is 9.62. The van der Waals surface area contributed by atoms with Crippen molar-refractivity contribution >= 4 is 0 Å². The van der Waals surface area contributed by atoms with Crippen molar-refractivity contribution in [3.63, 3.8) is 0 Å². The van der Waals surface area contributed by atoms with Crippen LogP contribution in [0, 0.1) is 0 Å². The molecule has 0 radical (unpaired) electrons. The molecule has 1 aromatic rings. The Morgan fingerprint density at radius 1 is 1.46 bits per heavy atom. The Bertz CT molecular complexity index is 263. The summed E-state index contributed by atoms with van der Waals surface area (Å²) in [5.74, 6) is 0.195. The second-order valence-electron chi connectivity index (χ2n) is 3.00. The van der Waals surface area contributed by atoms with Crippen molar-refractivity contribution in [3.05, 3.63) is 29.8 Å². The van der Waals surface area contributed by atoms with Crippen molar-refractivity contribution in [1.82, 2.24) is 5.32 Å². The van der Waals surface area contributed by atoms with Crippen LogP contribution < -0.4 is 5.32 Å². The molecule has 0 bridgehead atoms. The molecule has 0 spiro atoms. The van der Waals surface area contributed by atoms with Gasteiger partial charge in [-0.3, -0.25) is 0 Å². The molecule has 13 heavy (non-hydrogen) atoms. The maximum Gasteiger partial charge on any atom is 0.115 e. The Hall–Kier alpha value is -1.06. The molecule has 3 nitrogen and oxygen atoms in total. The summed E-state index contributed by atoms with van der Waals surface area (Å²) >= 11 is 0. The summed E-state index contributed by atoms with van der Waals surface area (Å²) in [6.07, 6.45) is 0.152. The highest BCUT2D eigenvalue weighted by Gasteiger charge is 2.06. The molecule has 0 aliphatic heterocycles. The minimum atomic E-state index is -0.500. The van der Waals surface area contributed by atoms with Gasteiger partial charge in [0.2, 0.25) is 0 Å². The summed E-state index contributed by atoms with van der Waals surface area (Å²) in [5, 5.41) is 21.7. The van der Waals surface area contributed by atoms with Crippen LogP contribution in [0.5, 0.6) is 5.75 Å². The van der Waals surface area contributed by atoms with E-state index < -0.39 is 6.10 Å². The van der Waals surface area contributed by atoms with Gasteiger partial charge in [-0.1, -0.05) is 12.1 Å². The fourth-order valence-electron chi connectivity index (χ4n) is 1.18. The first-order valence-electron chi connectivity index (χ1n) is 4.35. The lowest BCUT2D eigenvalue weighted by molar-refractivity contribution is 0.167. The highest BCUT2D eigenvalue weighted by molar-refractivity contribution is 5.28. The van der Waals surface area contributed by atoms with E-state index >= 15 is 0 Å². The zero-order chi connectivity index (χ0) is 9.68. The molecular formula is C10H15NO2. The molecule has 0 saturated carbocycles. The lowest BCUT2D eigenvalue weighted by atomic mass is 10.1. The molecule has 0 heterocycles. The number of aromatic hydroxyl groups is 1. The first-order valence-corrected chi connectivity index (χ1v) is 4.35. The van der Waals surface area contributed by atoms with Gasteiger partial charge in [0.05, 0.1) is 6.10 Å². The van der Waals surface area contributed by atoms with E-state index in [0.29, 0.717) is 6.42 Å². The average Bonchev–Trinajstić information content (AvgIpc) is 2.14. The fraction of sp³-hybridized carbons (Fsp3) is 0.400. The van der Waals surface area contributed by atoms with E-state index in [0.717, 1.165) is 12.1 Å². The average molecular weight is 181 g/mol. The number of hydrogen-bond donors (Lipinski definition) is 3. The van der Waals surface area contributed by atoms with Crippen molar-refractivity contribution in [3.8, 4) is 5.75 Å². The summed E-state index contributed by atoms with van der Waals surface area (Å²) in [5.41, 5.74) is 0.759. The van der Waals surface area contributed by atoms with Gasteiger partial charge in [0.15, 0.2) is 0 Å². The third kappa shape index (κ3) is 3.05. The van der Waals surface area contributed by atoms with Gasteiger partial charge in [0.1, 0.15) is 5.75 Å². The quantitative estimate of drug-likeness (QED) is 0.650. The molecule has 0 aromatic heterocycles. The molecule has 1 atom stereocenters. The van der Waals surface area contributed by atoms with Crippen molar-refractivity contribution in [2.24, 2.45) is 0 Å². The number of rotatable bonds is 4.